The van der Waals surface area contributed by atoms with E-state index in [2.05, 4.69) is 0 Å². The summed E-state index contributed by atoms with van der Waals surface area (Å²) in [6.07, 6.45) is -25.3. The maximum Gasteiger partial charge on any atom is 0.192 e. The fourth-order valence-electron chi connectivity index (χ4n) is 4.37. The van der Waals surface area contributed by atoms with Gasteiger partial charge in [-0.1, -0.05) is 0 Å². The molecule has 0 radical (unpaired) electrons. The van der Waals surface area contributed by atoms with Crippen molar-refractivity contribution in [3.63, 3.8) is 0 Å². The number of aliphatic hydroxyl groups is 11. The van der Waals surface area contributed by atoms with Crippen LogP contribution in [0.5, 0.6) is 0 Å². The van der Waals surface area contributed by atoms with Crippen molar-refractivity contribution in [2.45, 2.75) is 98.4 Å². The van der Waals surface area contributed by atoms with Gasteiger partial charge in [-0.3, -0.25) is 0 Å². The molecule has 3 rings (SSSR count). The average Bonchev–Trinajstić information content (AvgIpc) is 2.80. The van der Waals surface area contributed by atoms with Crippen molar-refractivity contribution in [3.8, 4) is 0 Å². The minimum atomic E-state index is -2.89. The largest absolute Gasteiger partial charge is 0.394 e. The summed E-state index contributed by atoms with van der Waals surface area (Å²) in [6.45, 7) is -0.405. The number of ether oxygens (including phenoxy) is 4. The van der Waals surface area contributed by atoms with E-state index in [1.54, 1.807) is 0 Å². The normalized spacial score (nSPS) is 56.0. The van der Waals surface area contributed by atoms with Gasteiger partial charge in [0.05, 0.1) is 19.3 Å². The lowest BCUT2D eigenvalue weighted by molar-refractivity contribution is -0.406. The van der Waals surface area contributed by atoms with Gasteiger partial charge in [0.15, 0.2) is 18.2 Å². The highest BCUT2D eigenvalue weighted by atomic mass is 16.7. The molecular weight excluding hydrogens is 456 g/mol. The van der Waals surface area contributed by atoms with Crippen LogP contribution in [-0.2, 0) is 18.9 Å². The Balaban J connectivity index is 1.99. The minimum Gasteiger partial charge on any atom is -0.394 e. The van der Waals surface area contributed by atoms with E-state index < -0.39 is 105 Å². The first kappa shape index (κ1) is 27.0. The second-order valence-corrected chi connectivity index (χ2v) is 8.57. The first-order valence-electron chi connectivity index (χ1n) is 10.4. The molecule has 33 heavy (non-hydrogen) atoms. The first-order valence-corrected chi connectivity index (χ1v) is 10.4. The Morgan fingerprint density at radius 1 is 0.697 bits per heavy atom. The molecule has 15 heteroatoms. The van der Waals surface area contributed by atoms with E-state index in [1.165, 1.54) is 6.92 Å². The molecule has 3 fully saturated rings. The Morgan fingerprint density at radius 3 is 1.88 bits per heavy atom. The second kappa shape index (κ2) is 10.2. The molecule has 3 aliphatic heterocycles. The van der Waals surface area contributed by atoms with E-state index in [0.717, 1.165) is 0 Å². The molecule has 15 nitrogen and oxygen atoms in total. The monoisotopic (exact) mass is 488 g/mol. The van der Waals surface area contributed by atoms with E-state index in [9.17, 15) is 56.2 Å². The van der Waals surface area contributed by atoms with E-state index in [1.807, 2.05) is 0 Å². The Labute approximate surface area is 187 Å². The van der Waals surface area contributed by atoms with Crippen molar-refractivity contribution < 1.29 is 75.1 Å². The fourth-order valence-corrected chi connectivity index (χ4v) is 4.37. The summed E-state index contributed by atoms with van der Waals surface area (Å²) in [4.78, 5) is 0. The summed E-state index contributed by atoms with van der Waals surface area (Å²) in [6, 6.07) is 0. The highest BCUT2D eigenvalue weighted by Gasteiger charge is 2.65. The van der Waals surface area contributed by atoms with E-state index in [0.29, 0.717) is 0 Å². The highest BCUT2D eigenvalue weighted by Crippen LogP contribution is 2.41. The van der Waals surface area contributed by atoms with Gasteiger partial charge in [0.2, 0.25) is 0 Å². The summed E-state index contributed by atoms with van der Waals surface area (Å²) < 4.78 is 21.3. The Bertz CT molecular complexity index is 650. The zero-order valence-corrected chi connectivity index (χ0v) is 17.5. The van der Waals surface area contributed by atoms with Crippen LogP contribution in [0, 0.1) is 0 Å². The Hall–Kier alpha value is -0.600. The molecule has 0 aromatic heterocycles. The molecular formula is C18H32O15. The topological polar surface area (TPSA) is 259 Å². The number of hydrogen-bond donors (Lipinski definition) is 11. The smallest absolute Gasteiger partial charge is 0.192 e. The van der Waals surface area contributed by atoms with Gasteiger partial charge in [0.25, 0.3) is 0 Å². The molecule has 11 N–H and O–H groups in total. The van der Waals surface area contributed by atoms with Gasteiger partial charge in [-0.25, -0.2) is 0 Å². The third kappa shape index (κ3) is 4.53. The minimum absolute atomic E-state index is 0.838. The lowest BCUT2D eigenvalue weighted by Gasteiger charge is -2.55. The third-order valence-corrected chi connectivity index (χ3v) is 6.46. The standard InChI is InChI=1S/C18H32O15/c1-4-7(21)9(23)11(25)15(30-4)18(29)14(27)8(22)5(2-19)32-17(18)33-13-6(3-20)31-16(28)12(26)10(13)24/h4-17,19-29H,2-3H2,1H3/t4-,5+,6+,7+,8-,9+,10+,11-,12+,13+,14-,15-,16+,17-,18-/m0/s1. The van der Waals surface area contributed by atoms with E-state index >= 15 is 0 Å². The zero-order chi connectivity index (χ0) is 24.8. The Morgan fingerprint density at radius 2 is 1.30 bits per heavy atom. The number of rotatable bonds is 5. The quantitative estimate of drug-likeness (QED) is 0.172. The third-order valence-electron chi connectivity index (χ3n) is 6.46. The van der Waals surface area contributed by atoms with Crippen LogP contribution in [0.25, 0.3) is 0 Å². The molecule has 0 amide bonds. The van der Waals surface area contributed by atoms with Crippen LogP contribution in [-0.4, -0.2) is 161 Å². The molecule has 0 aliphatic carbocycles. The van der Waals surface area contributed by atoms with Gasteiger partial charge in [0.1, 0.15) is 67.1 Å². The molecule has 3 saturated heterocycles. The summed E-state index contributed by atoms with van der Waals surface area (Å²) in [7, 11) is 0. The van der Waals surface area contributed by atoms with Crippen LogP contribution in [0.2, 0.25) is 0 Å². The van der Waals surface area contributed by atoms with Crippen LogP contribution < -0.4 is 0 Å². The SMILES string of the molecule is C[C@@H]1O[C@H]([C@]2(O)[C@H](O[C@H]3[C@H](O)[C@@H](O)[C@H](O)O[C@@H]3CO)O[C@H](CO)[C@H](O)[C@@H]2O)[C@@H](O)[C@H](O)[C@@H]1O. The van der Waals surface area contributed by atoms with Crippen molar-refractivity contribution in [1.29, 1.82) is 0 Å². The van der Waals surface area contributed by atoms with Crippen LogP contribution in [0.15, 0.2) is 0 Å². The summed E-state index contributed by atoms with van der Waals surface area (Å²) in [5.41, 5.74) is -2.89. The predicted octanol–water partition coefficient (Wildman–Crippen LogP) is -7.16. The summed E-state index contributed by atoms with van der Waals surface area (Å²) in [5.74, 6) is 0. The van der Waals surface area contributed by atoms with Crippen LogP contribution in [0.1, 0.15) is 6.92 Å². The molecule has 0 aromatic rings. The van der Waals surface area contributed by atoms with Crippen molar-refractivity contribution in [2.24, 2.45) is 0 Å². The molecule has 3 aliphatic rings. The number of aliphatic hydroxyl groups excluding tert-OH is 10. The van der Waals surface area contributed by atoms with Gasteiger partial charge in [-0.05, 0) is 6.92 Å². The molecule has 0 saturated carbocycles. The van der Waals surface area contributed by atoms with Gasteiger partial charge in [-0.2, -0.15) is 0 Å². The zero-order valence-electron chi connectivity index (χ0n) is 17.5. The van der Waals surface area contributed by atoms with Crippen molar-refractivity contribution in [3.05, 3.63) is 0 Å². The fraction of sp³-hybridized carbons (Fsp3) is 1.00. The Kier molecular flexibility index (Phi) is 8.32. The first-order chi connectivity index (χ1) is 15.4. The molecule has 0 spiro atoms. The van der Waals surface area contributed by atoms with Gasteiger partial charge < -0.3 is 75.1 Å². The van der Waals surface area contributed by atoms with Gasteiger partial charge in [-0.15, -0.1) is 0 Å². The van der Waals surface area contributed by atoms with E-state index in [4.69, 9.17) is 18.9 Å². The maximum absolute atomic E-state index is 11.5. The molecule has 194 valence electrons. The summed E-state index contributed by atoms with van der Waals surface area (Å²) >= 11 is 0. The summed E-state index contributed by atoms with van der Waals surface area (Å²) in [5, 5.41) is 112. The predicted molar refractivity (Wildman–Crippen MR) is 99.9 cm³/mol. The molecule has 0 bridgehead atoms. The lowest BCUT2D eigenvalue weighted by atomic mass is 9.76. The lowest BCUT2D eigenvalue weighted by Crippen LogP contribution is -2.77. The average molecular weight is 488 g/mol. The number of hydrogen-bond acceptors (Lipinski definition) is 15. The molecule has 15 atom stereocenters. The van der Waals surface area contributed by atoms with Crippen molar-refractivity contribution in [1.82, 2.24) is 0 Å². The van der Waals surface area contributed by atoms with Crippen LogP contribution in [0.4, 0.5) is 0 Å². The second-order valence-electron chi connectivity index (χ2n) is 8.57. The van der Waals surface area contributed by atoms with Crippen molar-refractivity contribution in [2.75, 3.05) is 13.2 Å². The molecule has 0 aromatic carbocycles. The van der Waals surface area contributed by atoms with Gasteiger partial charge in [0, 0.05) is 0 Å². The van der Waals surface area contributed by atoms with E-state index in [-0.39, 0.29) is 0 Å². The van der Waals surface area contributed by atoms with Crippen molar-refractivity contribution >= 4 is 0 Å². The molecule has 0 unspecified atom stereocenters. The highest BCUT2D eigenvalue weighted by molar-refractivity contribution is 5.11. The van der Waals surface area contributed by atoms with Gasteiger partial charge >= 0.3 is 0 Å². The maximum atomic E-state index is 11.5. The van der Waals surface area contributed by atoms with Crippen LogP contribution >= 0.6 is 0 Å². The molecule has 3 heterocycles. The van der Waals surface area contributed by atoms with Crippen LogP contribution in [0.3, 0.4) is 0 Å².